The van der Waals surface area contributed by atoms with Gasteiger partial charge >= 0.3 is 5.97 Å². The second kappa shape index (κ2) is 5.64. The van der Waals surface area contributed by atoms with Crippen LogP contribution in [0, 0.1) is 0 Å². The molecule has 7 nitrogen and oxygen atoms in total. The molecule has 116 valence electrons. The van der Waals surface area contributed by atoms with E-state index in [2.05, 4.69) is 0 Å². The number of carbonyl (C=O) groups is 1. The van der Waals surface area contributed by atoms with Crippen LogP contribution in [0.15, 0.2) is 30.3 Å². The summed E-state index contributed by atoms with van der Waals surface area (Å²) < 4.78 is 48.8. The van der Waals surface area contributed by atoms with Gasteiger partial charge in [-0.15, -0.1) is 0 Å². The van der Waals surface area contributed by atoms with Gasteiger partial charge in [0.05, 0.1) is 22.4 Å². The van der Waals surface area contributed by atoms with Gasteiger partial charge in [0.2, 0.25) is 10.0 Å². The lowest BCUT2D eigenvalue weighted by molar-refractivity contribution is -0.135. The van der Waals surface area contributed by atoms with Crippen LogP contribution in [-0.2, 0) is 24.7 Å². The number of sulfone groups is 1. The Balaban J connectivity index is 2.39. The van der Waals surface area contributed by atoms with Gasteiger partial charge < -0.3 is 5.11 Å². The molecule has 1 heterocycles. The number of rotatable bonds is 5. The van der Waals surface area contributed by atoms with Gasteiger partial charge in [0.1, 0.15) is 6.54 Å². The smallest absolute Gasteiger partial charge is 0.324 e. The first-order chi connectivity index (χ1) is 9.72. The van der Waals surface area contributed by atoms with Crippen molar-refractivity contribution < 1.29 is 26.7 Å². The van der Waals surface area contributed by atoms with Gasteiger partial charge in [0, 0.05) is 0 Å². The number of hydrogen-bond donors (Lipinski definition) is 1. The first-order valence-electron chi connectivity index (χ1n) is 6.21. The topological polar surface area (TPSA) is 109 Å². The standard InChI is InChI=1S/C12H15NO6S2/c14-12(15)8-13(10-4-2-1-3-5-10)21(18,19)11-6-7-20(16,17)9-11/h1-5,11H,6-9H2,(H,14,15). The molecule has 1 N–H and O–H groups in total. The maximum Gasteiger partial charge on any atom is 0.324 e. The Morgan fingerprint density at radius 2 is 1.90 bits per heavy atom. The number of para-hydroxylation sites is 1. The Labute approximate surface area is 123 Å². The minimum Gasteiger partial charge on any atom is -0.480 e. The van der Waals surface area contributed by atoms with E-state index in [4.69, 9.17) is 5.11 Å². The van der Waals surface area contributed by atoms with Crippen LogP contribution < -0.4 is 4.31 Å². The molecule has 1 unspecified atom stereocenters. The Bertz CT molecular complexity index is 726. The summed E-state index contributed by atoms with van der Waals surface area (Å²) in [6.07, 6.45) is -0.00633. The maximum atomic E-state index is 12.6. The molecule has 1 aliphatic rings. The van der Waals surface area contributed by atoms with Gasteiger partial charge in [-0.05, 0) is 18.6 Å². The molecule has 0 radical (unpaired) electrons. The van der Waals surface area contributed by atoms with Crippen molar-refractivity contribution in [3.05, 3.63) is 30.3 Å². The number of carboxylic acids is 1. The normalized spacial score (nSPS) is 21.0. The lowest BCUT2D eigenvalue weighted by Gasteiger charge is -2.25. The van der Waals surface area contributed by atoms with Crippen molar-refractivity contribution in [3.8, 4) is 0 Å². The molecule has 1 atom stereocenters. The molecule has 0 aromatic heterocycles. The number of carboxylic acid groups (broad SMARTS) is 1. The van der Waals surface area contributed by atoms with Crippen molar-refractivity contribution in [3.63, 3.8) is 0 Å². The van der Waals surface area contributed by atoms with E-state index in [0.29, 0.717) is 0 Å². The summed E-state index contributed by atoms with van der Waals surface area (Å²) in [5, 5.41) is 7.83. The lowest BCUT2D eigenvalue weighted by atomic mass is 10.3. The molecular formula is C12H15NO6S2. The van der Waals surface area contributed by atoms with Crippen molar-refractivity contribution in [2.24, 2.45) is 0 Å². The Kier molecular flexibility index (Phi) is 4.24. The van der Waals surface area contributed by atoms with Crippen molar-refractivity contribution in [1.82, 2.24) is 0 Å². The summed E-state index contributed by atoms with van der Waals surface area (Å²) in [6, 6.07) is 7.80. The highest BCUT2D eigenvalue weighted by Gasteiger charge is 2.41. The highest BCUT2D eigenvalue weighted by atomic mass is 32.2. The third kappa shape index (κ3) is 3.53. The molecule has 1 aromatic rings. The van der Waals surface area contributed by atoms with E-state index in [9.17, 15) is 21.6 Å². The van der Waals surface area contributed by atoms with E-state index in [1.54, 1.807) is 18.2 Å². The Morgan fingerprint density at radius 3 is 2.38 bits per heavy atom. The van der Waals surface area contributed by atoms with Crippen molar-refractivity contribution in [1.29, 1.82) is 0 Å². The van der Waals surface area contributed by atoms with E-state index in [0.717, 1.165) is 4.31 Å². The number of benzene rings is 1. The monoisotopic (exact) mass is 333 g/mol. The van der Waals surface area contributed by atoms with Crippen molar-refractivity contribution >= 4 is 31.5 Å². The number of nitrogens with zero attached hydrogens (tertiary/aromatic N) is 1. The zero-order valence-corrected chi connectivity index (χ0v) is 12.7. The molecule has 1 aliphatic heterocycles. The molecule has 0 bridgehead atoms. The SMILES string of the molecule is O=C(O)CN(c1ccccc1)S(=O)(=O)C1CCS(=O)(=O)C1. The first kappa shape index (κ1) is 15.8. The minimum absolute atomic E-state index is 0.00633. The van der Waals surface area contributed by atoms with Crippen LogP contribution in [0.3, 0.4) is 0 Å². The van der Waals surface area contributed by atoms with Crippen molar-refractivity contribution in [2.75, 3.05) is 22.4 Å². The average molecular weight is 333 g/mol. The van der Waals surface area contributed by atoms with Crippen LogP contribution in [-0.4, -0.2) is 51.2 Å². The summed E-state index contributed by atoms with van der Waals surface area (Å²) >= 11 is 0. The average Bonchev–Trinajstić information content (AvgIpc) is 2.78. The molecule has 2 rings (SSSR count). The van der Waals surface area contributed by atoms with E-state index in [1.165, 1.54) is 12.1 Å². The van der Waals surface area contributed by atoms with Gasteiger partial charge in [-0.25, -0.2) is 16.8 Å². The predicted molar refractivity (Wildman–Crippen MR) is 77.4 cm³/mol. The number of aliphatic carboxylic acids is 1. The fourth-order valence-electron chi connectivity index (χ4n) is 2.22. The van der Waals surface area contributed by atoms with E-state index in [1.807, 2.05) is 0 Å². The number of hydrogen-bond acceptors (Lipinski definition) is 5. The molecule has 1 saturated heterocycles. The molecule has 21 heavy (non-hydrogen) atoms. The van der Waals surface area contributed by atoms with Crippen LogP contribution in [0.25, 0.3) is 0 Å². The number of sulfonamides is 1. The van der Waals surface area contributed by atoms with E-state index >= 15 is 0 Å². The van der Waals surface area contributed by atoms with Crippen LogP contribution in [0.2, 0.25) is 0 Å². The van der Waals surface area contributed by atoms with Gasteiger partial charge in [-0.2, -0.15) is 0 Å². The van der Waals surface area contributed by atoms with E-state index < -0.39 is 43.4 Å². The third-order valence-corrected chi connectivity index (χ3v) is 7.42. The predicted octanol–water partition coefficient (Wildman–Crippen LogP) is 0.0945. The minimum atomic E-state index is -4.05. The van der Waals surface area contributed by atoms with Gasteiger partial charge in [-0.3, -0.25) is 9.10 Å². The second-order valence-corrected chi connectivity index (χ2v) is 9.17. The van der Waals surface area contributed by atoms with Crippen LogP contribution in [0.5, 0.6) is 0 Å². The highest BCUT2D eigenvalue weighted by molar-refractivity contribution is 7.97. The van der Waals surface area contributed by atoms with Crippen molar-refractivity contribution in [2.45, 2.75) is 11.7 Å². The molecule has 0 spiro atoms. The van der Waals surface area contributed by atoms with Crippen LogP contribution >= 0.6 is 0 Å². The van der Waals surface area contributed by atoms with Gasteiger partial charge in [-0.1, -0.05) is 18.2 Å². The first-order valence-corrected chi connectivity index (χ1v) is 9.54. The Morgan fingerprint density at radius 1 is 1.29 bits per heavy atom. The van der Waals surface area contributed by atoms with Gasteiger partial charge in [0.25, 0.3) is 0 Å². The summed E-state index contributed by atoms with van der Waals surface area (Å²) in [4.78, 5) is 10.9. The summed E-state index contributed by atoms with van der Waals surface area (Å²) in [5.41, 5.74) is 0.212. The lowest BCUT2D eigenvalue weighted by Crippen LogP contribution is -2.42. The Hall–Kier alpha value is -1.61. The van der Waals surface area contributed by atoms with Crippen LogP contribution in [0.4, 0.5) is 5.69 Å². The maximum absolute atomic E-state index is 12.6. The third-order valence-electron chi connectivity index (χ3n) is 3.24. The molecule has 0 saturated carbocycles. The number of anilines is 1. The summed E-state index contributed by atoms with van der Waals surface area (Å²) in [6.45, 7) is -0.733. The quantitative estimate of drug-likeness (QED) is 0.818. The largest absolute Gasteiger partial charge is 0.480 e. The second-order valence-electron chi connectivity index (χ2n) is 4.81. The van der Waals surface area contributed by atoms with Gasteiger partial charge in [0.15, 0.2) is 9.84 Å². The zero-order valence-electron chi connectivity index (χ0n) is 11.0. The summed E-state index contributed by atoms with van der Waals surface area (Å²) in [5.74, 6) is -1.95. The molecule has 0 amide bonds. The fourth-order valence-corrected chi connectivity index (χ4v) is 6.71. The molecule has 9 heteroatoms. The molecule has 1 aromatic carbocycles. The van der Waals surface area contributed by atoms with E-state index in [-0.39, 0.29) is 17.9 Å². The molecule has 1 fully saturated rings. The zero-order chi connectivity index (χ0) is 15.7. The molecule has 0 aliphatic carbocycles. The van der Waals surface area contributed by atoms with Crippen LogP contribution in [0.1, 0.15) is 6.42 Å². The highest BCUT2D eigenvalue weighted by Crippen LogP contribution is 2.26. The fraction of sp³-hybridized carbons (Fsp3) is 0.417. The summed E-state index contributed by atoms with van der Waals surface area (Å²) in [7, 11) is -7.42. The molecular weight excluding hydrogens is 318 g/mol.